The number of benzene rings is 3. The molecule has 34 heavy (non-hydrogen) atoms. The Kier molecular flexibility index (Phi) is 8.68. The van der Waals surface area contributed by atoms with Crippen molar-refractivity contribution in [3.63, 3.8) is 0 Å². The largest absolute Gasteiger partial charge is 0.489 e. The Morgan fingerprint density at radius 3 is 2.32 bits per heavy atom. The Morgan fingerprint density at radius 1 is 0.912 bits per heavy atom. The lowest BCUT2D eigenvalue weighted by atomic mass is 10.2. The van der Waals surface area contributed by atoms with Crippen molar-refractivity contribution in [3.8, 4) is 5.75 Å². The van der Waals surface area contributed by atoms with Crippen molar-refractivity contribution < 1.29 is 9.53 Å². The number of rotatable bonds is 9. The highest BCUT2D eigenvalue weighted by Crippen LogP contribution is 2.18. The van der Waals surface area contributed by atoms with Gasteiger partial charge in [-0.25, -0.2) is 5.43 Å². The number of amides is 1. The fraction of sp³-hybridized carbons (Fsp3) is 0.259. The van der Waals surface area contributed by atoms with Gasteiger partial charge in [-0.05, 0) is 47.0 Å². The molecular formula is C27H29ClN4O2. The van der Waals surface area contributed by atoms with Crippen molar-refractivity contribution in [2.24, 2.45) is 5.10 Å². The summed E-state index contributed by atoms with van der Waals surface area (Å²) in [7, 11) is 0. The molecule has 3 aromatic carbocycles. The number of carbonyl (C=O) groups excluding carboxylic acids is 1. The first-order valence-corrected chi connectivity index (χ1v) is 11.8. The Bertz CT molecular complexity index is 1080. The topological polar surface area (TPSA) is 57.2 Å². The lowest BCUT2D eigenvalue weighted by Gasteiger charge is -2.34. The molecule has 1 N–H and O–H groups in total. The second kappa shape index (κ2) is 12.3. The maximum absolute atomic E-state index is 12.3. The van der Waals surface area contributed by atoms with Gasteiger partial charge >= 0.3 is 0 Å². The predicted molar refractivity (Wildman–Crippen MR) is 136 cm³/mol. The number of hydrogen-bond acceptors (Lipinski definition) is 5. The third-order valence-electron chi connectivity index (χ3n) is 5.72. The highest BCUT2D eigenvalue weighted by atomic mass is 35.5. The van der Waals surface area contributed by atoms with E-state index >= 15 is 0 Å². The van der Waals surface area contributed by atoms with Crippen LogP contribution >= 0.6 is 11.6 Å². The number of piperazine rings is 1. The van der Waals surface area contributed by atoms with E-state index in [1.165, 1.54) is 0 Å². The monoisotopic (exact) mass is 476 g/mol. The molecule has 4 rings (SSSR count). The average molecular weight is 477 g/mol. The van der Waals surface area contributed by atoms with Crippen molar-refractivity contribution in [1.82, 2.24) is 15.2 Å². The second-order valence-corrected chi connectivity index (χ2v) is 8.69. The van der Waals surface area contributed by atoms with Gasteiger partial charge in [0.2, 0.25) is 0 Å². The summed E-state index contributed by atoms with van der Waals surface area (Å²) in [5.74, 6) is 0.678. The molecule has 0 saturated carbocycles. The lowest BCUT2D eigenvalue weighted by Crippen LogP contribution is -2.48. The normalized spacial score (nSPS) is 14.9. The van der Waals surface area contributed by atoms with Crippen molar-refractivity contribution in [3.05, 3.63) is 101 Å². The Morgan fingerprint density at radius 2 is 1.59 bits per heavy atom. The van der Waals surface area contributed by atoms with Gasteiger partial charge in [-0.2, -0.15) is 5.10 Å². The molecule has 1 aliphatic heterocycles. The zero-order valence-corrected chi connectivity index (χ0v) is 19.8. The smallest absolute Gasteiger partial charge is 0.254 e. The summed E-state index contributed by atoms with van der Waals surface area (Å²) < 4.78 is 5.79. The molecule has 0 atom stereocenters. The van der Waals surface area contributed by atoms with Crippen LogP contribution in [0.1, 0.15) is 16.7 Å². The quantitative estimate of drug-likeness (QED) is 0.371. The van der Waals surface area contributed by atoms with Gasteiger partial charge in [0.1, 0.15) is 12.4 Å². The number of halogens is 1. The van der Waals surface area contributed by atoms with E-state index in [4.69, 9.17) is 16.3 Å². The van der Waals surface area contributed by atoms with E-state index in [1.807, 2.05) is 72.8 Å². The zero-order chi connectivity index (χ0) is 23.6. The van der Waals surface area contributed by atoms with Crippen LogP contribution in [0.4, 0.5) is 0 Å². The minimum Gasteiger partial charge on any atom is -0.489 e. The van der Waals surface area contributed by atoms with Crippen LogP contribution in [0.5, 0.6) is 5.75 Å². The van der Waals surface area contributed by atoms with Gasteiger partial charge in [0, 0.05) is 37.7 Å². The third kappa shape index (κ3) is 7.42. The summed E-state index contributed by atoms with van der Waals surface area (Å²) in [4.78, 5) is 16.8. The van der Waals surface area contributed by atoms with Crippen LogP contribution in [0.3, 0.4) is 0 Å². The van der Waals surface area contributed by atoms with Gasteiger partial charge in [-0.3, -0.25) is 14.6 Å². The van der Waals surface area contributed by atoms with E-state index in [1.54, 1.807) is 6.21 Å². The van der Waals surface area contributed by atoms with Crippen LogP contribution in [0.2, 0.25) is 5.02 Å². The van der Waals surface area contributed by atoms with Gasteiger partial charge < -0.3 is 4.74 Å². The molecule has 0 unspecified atom stereocenters. The van der Waals surface area contributed by atoms with Crippen LogP contribution in [-0.2, 0) is 17.9 Å². The lowest BCUT2D eigenvalue weighted by molar-refractivity contribution is -0.122. The van der Waals surface area contributed by atoms with Gasteiger partial charge in [0.25, 0.3) is 5.91 Å². The van der Waals surface area contributed by atoms with Gasteiger partial charge in [0.15, 0.2) is 0 Å². The Balaban J connectivity index is 1.15. The first-order chi connectivity index (χ1) is 16.7. The molecule has 1 heterocycles. The number of carbonyl (C=O) groups is 1. The number of hydrogen-bond donors (Lipinski definition) is 1. The Labute approximate surface area is 205 Å². The number of nitrogens with zero attached hydrogens (tertiary/aromatic N) is 3. The van der Waals surface area contributed by atoms with E-state index in [-0.39, 0.29) is 5.91 Å². The number of hydrazone groups is 1. The van der Waals surface area contributed by atoms with Crippen LogP contribution in [0.15, 0.2) is 84.0 Å². The molecule has 0 spiro atoms. The molecule has 0 aliphatic carbocycles. The van der Waals surface area contributed by atoms with Crippen molar-refractivity contribution in [1.29, 1.82) is 0 Å². The molecule has 1 aliphatic rings. The minimum absolute atomic E-state index is 0.112. The molecule has 3 aromatic rings. The second-order valence-electron chi connectivity index (χ2n) is 8.28. The summed E-state index contributed by atoms with van der Waals surface area (Å²) in [6, 6.07) is 25.6. The molecule has 7 heteroatoms. The average Bonchev–Trinajstić information content (AvgIpc) is 2.87. The fourth-order valence-electron chi connectivity index (χ4n) is 3.78. The third-order valence-corrected chi connectivity index (χ3v) is 6.08. The summed E-state index contributed by atoms with van der Waals surface area (Å²) >= 11 is 6.27. The van der Waals surface area contributed by atoms with E-state index in [9.17, 15) is 4.79 Å². The summed E-state index contributed by atoms with van der Waals surface area (Å²) in [5.41, 5.74) is 5.78. The summed E-state index contributed by atoms with van der Waals surface area (Å²) in [6.07, 6.45) is 1.64. The SMILES string of the molecule is O=C(CN1CCN(Cc2ccccc2Cl)CC1)NN=Cc1ccc(OCc2ccccc2)cc1. The van der Waals surface area contributed by atoms with E-state index in [0.717, 1.165) is 60.2 Å². The van der Waals surface area contributed by atoms with E-state index in [2.05, 4.69) is 26.4 Å². The number of ether oxygens (including phenoxy) is 1. The number of nitrogens with one attached hydrogen (secondary N) is 1. The molecule has 0 radical (unpaired) electrons. The van der Waals surface area contributed by atoms with Crippen molar-refractivity contribution in [2.75, 3.05) is 32.7 Å². The van der Waals surface area contributed by atoms with Crippen LogP contribution in [0, 0.1) is 0 Å². The molecule has 1 amide bonds. The minimum atomic E-state index is -0.112. The predicted octanol–water partition coefficient (Wildman–Crippen LogP) is 4.19. The summed E-state index contributed by atoms with van der Waals surface area (Å²) in [5, 5.41) is 4.90. The zero-order valence-electron chi connectivity index (χ0n) is 19.1. The molecule has 1 fully saturated rings. The van der Waals surface area contributed by atoms with E-state index in [0.29, 0.717) is 13.2 Å². The van der Waals surface area contributed by atoms with Crippen LogP contribution < -0.4 is 10.2 Å². The fourth-order valence-corrected chi connectivity index (χ4v) is 3.98. The first-order valence-electron chi connectivity index (χ1n) is 11.4. The maximum Gasteiger partial charge on any atom is 0.254 e. The van der Waals surface area contributed by atoms with Crippen molar-refractivity contribution in [2.45, 2.75) is 13.2 Å². The van der Waals surface area contributed by atoms with Crippen molar-refractivity contribution >= 4 is 23.7 Å². The molecule has 0 bridgehead atoms. The van der Waals surface area contributed by atoms with Crippen LogP contribution in [-0.4, -0.2) is 54.6 Å². The summed E-state index contributed by atoms with van der Waals surface area (Å²) in [6.45, 7) is 5.18. The molecular weight excluding hydrogens is 448 g/mol. The van der Waals surface area contributed by atoms with Gasteiger partial charge in [0.05, 0.1) is 12.8 Å². The Hall–Kier alpha value is -3.19. The molecule has 176 valence electrons. The van der Waals surface area contributed by atoms with Gasteiger partial charge in [-0.15, -0.1) is 0 Å². The molecule has 0 aromatic heterocycles. The standard InChI is InChI=1S/C27H29ClN4O2/c28-26-9-5-4-8-24(26)19-31-14-16-32(17-15-31)20-27(33)30-29-18-22-10-12-25(13-11-22)34-21-23-6-2-1-3-7-23/h1-13,18H,14-17,19-21H2,(H,30,33). The molecule has 6 nitrogen and oxygen atoms in total. The highest BCUT2D eigenvalue weighted by Gasteiger charge is 2.19. The highest BCUT2D eigenvalue weighted by molar-refractivity contribution is 6.31. The van der Waals surface area contributed by atoms with Gasteiger partial charge in [-0.1, -0.05) is 60.1 Å². The first kappa shape index (κ1) is 24.0. The van der Waals surface area contributed by atoms with E-state index < -0.39 is 0 Å². The molecule has 1 saturated heterocycles. The van der Waals surface area contributed by atoms with Crippen LogP contribution in [0.25, 0.3) is 0 Å². The maximum atomic E-state index is 12.3.